The minimum atomic E-state index is -0.830. The molecule has 0 bridgehead atoms. The molecule has 1 aliphatic carbocycles. The number of carbonyl (C=O) groups is 3. The van der Waals surface area contributed by atoms with Crippen molar-refractivity contribution in [1.29, 1.82) is 0 Å². The lowest BCUT2D eigenvalue weighted by Crippen LogP contribution is -2.51. The molecule has 3 N–H and O–H groups in total. The van der Waals surface area contributed by atoms with E-state index in [4.69, 9.17) is 4.74 Å². The standard InChI is InChI=1S/C22H30N4O4/c1-30-18-7-3-2-6-16(18)17(26-12-4-5-13-26)14-23-19(27)15-8-10-22(11-9-15)20(28)24-21(29)25-22/h2-3,6-7,15,17H,4-5,8-14H2,1H3,(H,23,27)(H2,24,25,28,29). The van der Waals surface area contributed by atoms with Crippen molar-refractivity contribution < 1.29 is 19.1 Å². The Balaban J connectivity index is 1.39. The number of carbonyl (C=O) groups excluding carboxylic acids is 3. The molecule has 1 aromatic rings. The molecule has 3 aliphatic rings. The molecular formula is C22H30N4O4. The van der Waals surface area contributed by atoms with Crippen LogP contribution in [0.15, 0.2) is 24.3 Å². The fourth-order valence-electron chi connectivity index (χ4n) is 5.03. The van der Waals surface area contributed by atoms with E-state index in [0.29, 0.717) is 32.2 Å². The van der Waals surface area contributed by atoms with Gasteiger partial charge < -0.3 is 15.4 Å². The van der Waals surface area contributed by atoms with Crippen LogP contribution in [-0.4, -0.2) is 55.0 Å². The molecule has 1 spiro atoms. The van der Waals surface area contributed by atoms with Crippen LogP contribution in [0, 0.1) is 5.92 Å². The number of nitrogens with zero attached hydrogens (tertiary/aromatic N) is 1. The SMILES string of the molecule is COc1ccccc1C(CNC(=O)C1CCC2(CC1)NC(=O)NC2=O)N1CCCC1. The topological polar surface area (TPSA) is 99.8 Å². The maximum absolute atomic E-state index is 12.9. The summed E-state index contributed by atoms with van der Waals surface area (Å²) in [6, 6.07) is 7.62. The van der Waals surface area contributed by atoms with E-state index in [0.717, 1.165) is 37.2 Å². The Morgan fingerprint density at radius 1 is 1.23 bits per heavy atom. The van der Waals surface area contributed by atoms with Gasteiger partial charge in [-0.2, -0.15) is 0 Å². The zero-order valence-corrected chi connectivity index (χ0v) is 17.4. The number of hydrogen-bond acceptors (Lipinski definition) is 5. The molecule has 2 aliphatic heterocycles. The third-order valence-corrected chi connectivity index (χ3v) is 6.77. The summed E-state index contributed by atoms with van der Waals surface area (Å²) in [6.07, 6.45) is 4.48. The van der Waals surface area contributed by atoms with Gasteiger partial charge in [0.15, 0.2) is 0 Å². The van der Waals surface area contributed by atoms with Gasteiger partial charge in [0, 0.05) is 18.0 Å². The van der Waals surface area contributed by atoms with Crippen LogP contribution in [0.25, 0.3) is 0 Å². The van der Waals surface area contributed by atoms with Gasteiger partial charge >= 0.3 is 6.03 Å². The van der Waals surface area contributed by atoms with Crippen LogP contribution in [0.4, 0.5) is 4.79 Å². The molecule has 1 atom stereocenters. The van der Waals surface area contributed by atoms with Crippen LogP contribution in [0.5, 0.6) is 5.75 Å². The van der Waals surface area contributed by atoms with Crippen molar-refractivity contribution in [2.24, 2.45) is 5.92 Å². The van der Waals surface area contributed by atoms with Crippen LogP contribution in [-0.2, 0) is 9.59 Å². The van der Waals surface area contributed by atoms with E-state index in [1.165, 1.54) is 0 Å². The second kappa shape index (κ2) is 8.63. The average Bonchev–Trinajstić information content (AvgIpc) is 3.37. The van der Waals surface area contributed by atoms with Gasteiger partial charge in [-0.25, -0.2) is 4.79 Å². The third-order valence-electron chi connectivity index (χ3n) is 6.77. The fourth-order valence-corrected chi connectivity index (χ4v) is 5.03. The average molecular weight is 415 g/mol. The van der Waals surface area contributed by atoms with Crippen LogP contribution >= 0.6 is 0 Å². The highest BCUT2D eigenvalue weighted by atomic mass is 16.5. The molecule has 1 unspecified atom stereocenters. The van der Waals surface area contributed by atoms with Crippen molar-refractivity contribution in [2.75, 3.05) is 26.7 Å². The molecule has 8 heteroatoms. The molecule has 30 heavy (non-hydrogen) atoms. The van der Waals surface area contributed by atoms with Crippen molar-refractivity contribution >= 4 is 17.8 Å². The van der Waals surface area contributed by atoms with Crippen LogP contribution in [0.1, 0.15) is 50.1 Å². The lowest BCUT2D eigenvalue weighted by Gasteiger charge is -2.34. The molecule has 1 aromatic carbocycles. The molecule has 162 valence electrons. The minimum Gasteiger partial charge on any atom is -0.496 e. The number of rotatable bonds is 6. The summed E-state index contributed by atoms with van der Waals surface area (Å²) < 4.78 is 5.57. The number of amides is 4. The summed E-state index contributed by atoms with van der Waals surface area (Å²) in [4.78, 5) is 38.9. The van der Waals surface area contributed by atoms with Gasteiger partial charge in [-0.15, -0.1) is 0 Å². The number of hydrogen-bond donors (Lipinski definition) is 3. The van der Waals surface area contributed by atoms with E-state index < -0.39 is 11.6 Å². The molecule has 1 saturated carbocycles. The molecule has 2 saturated heterocycles. The van der Waals surface area contributed by atoms with Crippen molar-refractivity contribution in [2.45, 2.75) is 50.1 Å². The summed E-state index contributed by atoms with van der Waals surface area (Å²) >= 11 is 0. The smallest absolute Gasteiger partial charge is 0.322 e. The van der Waals surface area contributed by atoms with Gasteiger partial charge in [-0.1, -0.05) is 18.2 Å². The van der Waals surface area contributed by atoms with Gasteiger partial charge in [-0.3, -0.25) is 19.8 Å². The Morgan fingerprint density at radius 3 is 2.57 bits per heavy atom. The number of para-hydroxylation sites is 1. The van der Waals surface area contributed by atoms with Crippen LogP contribution < -0.4 is 20.7 Å². The van der Waals surface area contributed by atoms with Crippen LogP contribution in [0.2, 0.25) is 0 Å². The van der Waals surface area contributed by atoms with Crippen molar-refractivity contribution in [1.82, 2.24) is 20.9 Å². The maximum atomic E-state index is 12.9. The lowest BCUT2D eigenvalue weighted by molar-refractivity contribution is -0.130. The summed E-state index contributed by atoms with van der Waals surface area (Å²) in [7, 11) is 1.67. The first-order chi connectivity index (χ1) is 14.5. The molecule has 2 heterocycles. The highest BCUT2D eigenvalue weighted by molar-refractivity contribution is 6.07. The summed E-state index contributed by atoms with van der Waals surface area (Å²) in [6.45, 7) is 2.55. The number of imide groups is 1. The Bertz CT molecular complexity index is 813. The Labute approximate surface area is 176 Å². The van der Waals surface area contributed by atoms with E-state index >= 15 is 0 Å². The number of likely N-dealkylation sites (tertiary alicyclic amines) is 1. The van der Waals surface area contributed by atoms with E-state index in [1.807, 2.05) is 18.2 Å². The highest BCUT2D eigenvalue weighted by Crippen LogP contribution is 2.35. The molecule has 4 amide bonds. The molecule has 3 fully saturated rings. The Morgan fingerprint density at radius 2 is 1.93 bits per heavy atom. The largest absolute Gasteiger partial charge is 0.496 e. The predicted molar refractivity (Wildman–Crippen MR) is 111 cm³/mol. The van der Waals surface area contributed by atoms with E-state index in [1.54, 1.807) is 7.11 Å². The second-order valence-electron chi connectivity index (χ2n) is 8.51. The summed E-state index contributed by atoms with van der Waals surface area (Å²) in [5.74, 6) is 0.453. The van der Waals surface area contributed by atoms with Gasteiger partial charge in [0.2, 0.25) is 5.91 Å². The first-order valence-corrected chi connectivity index (χ1v) is 10.8. The predicted octanol–water partition coefficient (Wildman–Crippen LogP) is 1.72. The van der Waals surface area contributed by atoms with E-state index in [-0.39, 0.29) is 23.8 Å². The van der Waals surface area contributed by atoms with Gasteiger partial charge in [0.1, 0.15) is 11.3 Å². The van der Waals surface area contributed by atoms with E-state index in [9.17, 15) is 14.4 Å². The van der Waals surface area contributed by atoms with Crippen molar-refractivity contribution in [3.8, 4) is 5.75 Å². The first kappa shape index (κ1) is 20.7. The van der Waals surface area contributed by atoms with Crippen molar-refractivity contribution in [3.63, 3.8) is 0 Å². The van der Waals surface area contributed by atoms with Crippen LogP contribution in [0.3, 0.4) is 0 Å². The summed E-state index contributed by atoms with van der Waals surface area (Å²) in [5.41, 5.74) is 0.263. The minimum absolute atomic E-state index is 0.0219. The number of urea groups is 1. The number of methoxy groups -OCH3 is 1. The Hall–Kier alpha value is -2.61. The number of benzene rings is 1. The quantitative estimate of drug-likeness (QED) is 0.616. The van der Waals surface area contributed by atoms with Crippen molar-refractivity contribution in [3.05, 3.63) is 29.8 Å². The van der Waals surface area contributed by atoms with Gasteiger partial charge in [-0.05, 0) is 57.7 Å². The summed E-state index contributed by atoms with van der Waals surface area (Å²) in [5, 5.41) is 8.22. The normalized spacial score (nSPS) is 27.6. The molecule has 0 radical (unpaired) electrons. The zero-order valence-electron chi connectivity index (χ0n) is 17.4. The van der Waals surface area contributed by atoms with Gasteiger partial charge in [0.05, 0.1) is 13.2 Å². The Kier molecular flexibility index (Phi) is 5.94. The number of nitrogens with one attached hydrogen (secondary N) is 3. The van der Waals surface area contributed by atoms with E-state index in [2.05, 4.69) is 26.9 Å². The zero-order chi connectivity index (χ0) is 21.1. The fraction of sp³-hybridized carbons (Fsp3) is 0.591. The molecular weight excluding hydrogens is 384 g/mol. The maximum Gasteiger partial charge on any atom is 0.322 e. The molecule has 8 nitrogen and oxygen atoms in total. The second-order valence-corrected chi connectivity index (χ2v) is 8.51. The molecule has 4 rings (SSSR count). The third kappa shape index (κ3) is 4.01. The molecule has 0 aromatic heterocycles. The van der Waals surface area contributed by atoms with Gasteiger partial charge in [0.25, 0.3) is 5.91 Å². The number of ether oxygens (including phenoxy) is 1. The first-order valence-electron chi connectivity index (χ1n) is 10.8. The lowest BCUT2D eigenvalue weighted by atomic mass is 9.76. The highest BCUT2D eigenvalue weighted by Gasteiger charge is 2.48. The monoisotopic (exact) mass is 414 g/mol.